The molecule has 0 aliphatic rings. The van der Waals surface area contributed by atoms with Crippen LogP contribution in [0.15, 0.2) is 58.5 Å². The van der Waals surface area contributed by atoms with Gasteiger partial charge in [-0.15, -0.1) is 22.9 Å². The number of hydrogen-bond donors (Lipinski definition) is 1. The Labute approximate surface area is 185 Å². The molecular weight excluding hydrogens is 422 g/mol. The maximum absolute atomic E-state index is 13.2. The number of carbonyl (C=O) groups is 2. The fourth-order valence-electron chi connectivity index (χ4n) is 3.02. The summed E-state index contributed by atoms with van der Waals surface area (Å²) in [4.78, 5) is 29.6. The molecule has 0 saturated carbocycles. The van der Waals surface area contributed by atoms with Gasteiger partial charge < -0.3 is 19.5 Å². The quantitative estimate of drug-likeness (QED) is 0.505. The van der Waals surface area contributed by atoms with Crippen molar-refractivity contribution in [3.05, 3.63) is 70.3 Å². The Morgan fingerprint density at radius 1 is 1.17 bits per heavy atom. The number of rotatable bonds is 8. The van der Waals surface area contributed by atoms with Crippen LogP contribution in [0.4, 0.5) is 11.4 Å². The largest absolute Gasteiger partial charge is 0.467 e. The molecule has 3 rings (SSSR count). The molecule has 1 unspecified atom stereocenters. The predicted molar refractivity (Wildman–Crippen MR) is 121 cm³/mol. The van der Waals surface area contributed by atoms with Crippen LogP contribution in [-0.4, -0.2) is 36.2 Å². The molecule has 3 aromatic rings. The molecule has 2 heterocycles. The zero-order valence-corrected chi connectivity index (χ0v) is 18.7. The lowest BCUT2D eigenvalue weighted by Gasteiger charge is -2.25. The number of anilines is 2. The molecule has 0 fully saturated rings. The summed E-state index contributed by atoms with van der Waals surface area (Å²) in [5.74, 6) is 0.351. The van der Waals surface area contributed by atoms with Crippen molar-refractivity contribution in [3.63, 3.8) is 0 Å². The van der Waals surface area contributed by atoms with Gasteiger partial charge in [-0.2, -0.15) is 0 Å². The second-order valence-electron chi connectivity index (χ2n) is 7.06. The first-order valence-electron chi connectivity index (χ1n) is 9.45. The van der Waals surface area contributed by atoms with Crippen molar-refractivity contribution in [2.75, 3.05) is 24.3 Å². The SMILES string of the molecule is CC(Cl)C(=O)Nc1ccc(N(C)C)c(CN(Cc2ccco2)C(=O)c2cccs2)c1. The van der Waals surface area contributed by atoms with Crippen molar-refractivity contribution in [2.45, 2.75) is 25.4 Å². The Hall–Kier alpha value is -2.77. The number of hydrogen-bond acceptors (Lipinski definition) is 5. The second kappa shape index (κ2) is 9.82. The van der Waals surface area contributed by atoms with Crippen LogP contribution in [0.3, 0.4) is 0 Å². The fourth-order valence-corrected chi connectivity index (χ4v) is 3.77. The van der Waals surface area contributed by atoms with Crippen LogP contribution in [0.2, 0.25) is 0 Å². The van der Waals surface area contributed by atoms with Gasteiger partial charge in [-0.3, -0.25) is 9.59 Å². The van der Waals surface area contributed by atoms with E-state index in [9.17, 15) is 9.59 Å². The van der Waals surface area contributed by atoms with Crippen molar-refractivity contribution in [1.82, 2.24) is 4.90 Å². The van der Waals surface area contributed by atoms with Gasteiger partial charge in [0.2, 0.25) is 5.91 Å². The molecule has 0 aliphatic heterocycles. The van der Waals surface area contributed by atoms with Gasteiger partial charge in [0.1, 0.15) is 11.1 Å². The smallest absolute Gasteiger partial charge is 0.264 e. The molecule has 30 heavy (non-hydrogen) atoms. The minimum atomic E-state index is -0.641. The molecule has 0 aliphatic carbocycles. The summed E-state index contributed by atoms with van der Waals surface area (Å²) in [5.41, 5.74) is 2.49. The lowest BCUT2D eigenvalue weighted by Crippen LogP contribution is -2.30. The Balaban J connectivity index is 1.92. The van der Waals surface area contributed by atoms with Crippen molar-refractivity contribution >= 4 is 46.1 Å². The summed E-state index contributed by atoms with van der Waals surface area (Å²) >= 11 is 7.28. The summed E-state index contributed by atoms with van der Waals surface area (Å²) in [7, 11) is 3.88. The van der Waals surface area contributed by atoms with E-state index in [-0.39, 0.29) is 11.8 Å². The molecule has 158 valence electrons. The molecule has 0 bridgehead atoms. The van der Waals surface area contributed by atoms with E-state index in [0.29, 0.717) is 29.4 Å². The van der Waals surface area contributed by atoms with E-state index in [1.807, 2.05) is 60.8 Å². The van der Waals surface area contributed by atoms with Crippen LogP contribution in [0.1, 0.15) is 27.9 Å². The van der Waals surface area contributed by atoms with Crippen LogP contribution < -0.4 is 10.2 Å². The highest BCUT2D eigenvalue weighted by Crippen LogP contribution is 2.27. The highest BCUT2D eigenvalue weighted by atomic mass is 35.5. The number of alkyl halides is 1. The number of carbonyl (C=O) groups excluding carboxylic acids is 2. The Morgan fingerprint density at radius 2 is 1.97 bits per heavy atom. The highest BCUT2D eigenvalue weighted by Gasteiger charge is 2.21. The molecule has 6 nitrogen and oxygen atoms in total. The van der Waals surface area contributed by atoms with Crippen molar-refractivity contribution in [3.8, 4) is 0 Å². The third kappa shape index (κ3) is 5.43. The topological polar surface area (TPSA) is 65.8 Å². The summed E-state index contributed by atoms with van der Waals surface area (Å²) in [5, 5.41) is 4.06. The highest BCUT2D eigenvalue weighted by molar-refractivity contribution is 7.12. The third-order valence-corrected chi connectivity index (χ3v) is 5.55. The van der Waals surface area contributed by atoms with E-state index < -0.39 is 5.38 Å². The monoisotopic (exact) mass is 445 g/mol. The molecule has 0 radical (unpaired) electrons. The Bertz CT molecular complexity index is 985. The van der Waals surface area contributed by atoms with Gasteiger partial charge in [-0.05, 0) is 54.3 Å². The minimum absolute atomic E-state index is 0.0741. The zero-order chi connectivity index (χ0) is 21.7. The number of nitrogens with one attached hydrogen (secondary N) is 1. The van der Waals surface area contributed by atoms with Crippen molar-refractivity contribution in [2.24, 2.45) is 0 Å². The van der Waals surface area contributed by atoms with E-state index in [2.05, 4.69) is 5.32 Å². The van der Waals surface area contributed by atoms with Gasteiger partial charge in [0.15, 0.2) is 0 Å². The first-order chi connectivity index (χ1) is 14.3. The van der Waals surface area contributed by atoms with Crippen LogP contribution in [0.5, 0.6) is 0 Å². The molecular formula is C22H24ClN3O3S. The van der Waals surface area contributed by atoms with Crippen LogP contribution in [0, 0.1) is 0 Å². The number of furan rings is 1. The zero-order valence-electron chi connectivity index (χ0n) is 17.1. The molecule has 0 saturated heterocycles. The standard InChI is InChI=1S/C22H24ClN3O3S/c1-15(23)21(27)24-17-8-9-19(25(2)3)16(12-17)13-26(14-18-6-4-10-29-18)22(28)20-7-5-11-30-20/h4-12,15H,13-14H2,1-3H3,(H,24,27). The molecule has 2 amide bonds. The first kappa shape index (κ1) is 21.9. The van der Waals surface area contributed by atoms with Crippen LogP contribution in [-0.2, 0) is 17.9 Å². The number of halogens is 1. The summed E-state index contributed by atoms with van der Waals surface area (Å²) in [6.07, 6.45) is 1.60. The average molecular weight is 446 g/mol. The van der Waals surface area contributed by atoms with Gasteiger partial charge in [0, 0.05) is 32.0 Å². The third-order valence-electron chi connectivity index (χ3n) is 4.50. The van der Waals surface area contributed by atoms with E-state index in [1.54, 1.807) is 24.2 Å². The molecule has 0 spiro atoms. The maximum Gasteiger partial charge on any atom is 0.264 e. The second-order valence-corrected chi connectivity index (χ2v) is 8.66. The van der Waals surface area contributed by atoms with Gasteiger partial charge >= 0.3 is 0 Å². The fraction of sp³-hybridized carbons (Fsp3) is 0.273. The van der Waals surface area contributed by atoms with Crippen LogP contribution >= 0.6 is 22.9 Å². The first-order valence-corrected chi connectivity index (χ1v) is 10.8. The minimum Gasteiger partial charge on any atom is -0.467 e. The normalized spacial score (nSPS) is 11.7. The molecule has 8 heteroatoms. The molecule has 1 aromatic carbocycles. The Kier molecular flexibility index (Phi) is 7.18. The summed E-state index contributed by atoms with van der Waals surface area (Å²) < 4.78 is 5.48. The van der Waals surface area contributed by atoms with E-state index in [1.165, 1.54) is 11.3 Å². The lowest BCUT2D eigenvalue weighted by atomic mass is 10.1. The predicted octanol–water partition coefficient (Wildman–Crippen LogP) is 4.82. The summed E-state index contributed by atoms with van der Waals surface area (Å²) in [6, 6.07) is 12.9. The average Bonchev–Trinajstić information content (AvgIpc) is 3.41. The Morgan fingerprint density at radius 3 is 2.57 bits per heavy atom. The summed E-state index contributed by atoms with van der Waals surface area (Å²) in [6.45, 7) is 2.31. The van der Waals surface area contributed by atoms with Gasteiger partial charge in [-0.1, -0.05) is 6.07 Å². The van der Waals surface area contributed by atoms with Crippen LogP contribution in [0.25, 0.3) is 0 Å². The molecule has 2 aromatic heterocycles. The van der Waals surface area contributed by atoms with E-state index >= 15 is 0 Å². The molecule has 1 atom stereocenters. The number of amides is 2. The van der Waals surface area contributed by atoms with Crippen molar-refractivity contribution in [1.29, 1.82) is 0 Å². The number of thiophene rings is 1. The van der Waals surface area contributed by atoms with E-state index in [0.717, 1.165) is 11.3 Å². The number of nitrogens with zero attached hydrogens (tertiary/aromatic N) is 2. The number of benzene rings is 1. The lowest BCUT2D eigenvalue weighted by molar-refractivity contribution is -0.115. The molecule has 1 N–H and O–H groups in total. The maximum atomic E-state index is 13.2. The van der Waals surface area contributed by atoms with Gasteiger partial charge in [-0.25, -0.2) is 0 Å². The van der Waals surface area contributed by atoms with Crippen molar-refractivity contribution < 1.29 is 14.0 Å². The van der Waals surface area contributed by atoms with Gasteiger partial charge in [0.25, 0.3) is 5.91 Å². The van der Waals surface area contributed by atoms with E-state index in [4.69, 9.17) is 16.0 Å². The van der Waals surface area contributed by atoms with Gasteiger partial charge in [0.05, 0.1) is 17.7 Å².